The zero-order valence-electron chi connectivity index (χ0n) is 10.9. The number of hydrogen-bond donors (Lipinski definition) is 1. The van der Waals surface area contributed by atoms with Crippen molar-refractivity contribution in [3.8, 4) is 11.5 Å². The van der Waals surface area contributed by atoms with E-state index in [-0.39, 0.29) is 17.7 Å². The van der Waals surface area contributed by atoms with Crippen molar-refractivity contribution in [1.82, 2.24) is 0 Å². The van der Waals surface area contributed by atoms with Crippen LogP contribution in [0.4, 0.5) is 13.2 Å². The van der Waals surface area contributed by atoms with Crippen LogP contribution in [0.3, 0.4) is 0 Å². The summed E-state index contributed by atoms with van der Waals surface area (Å²) in [5.41, 5.74) is 5.98. The molecule has 1 aromatic carbocycles. The fourth-order valence-electron chi connectivity index (χ4n) is 1.57. The van der Waals surface area contributed by atoms with Gasteiger partial charge in [0.25, 0.3) is 0 Å². The van der Waals surface area contributed by atoms with Crippen LogP contribution in [0.5, 0.6) is 11.5 Å². The minimum absolute atomic E-state index is 0.192. The maximum atomic E-state index is 12.2. The highest BCUT2D eigenvalue weighted by Gasteiger charge is 2.31. The molecular weight excluding hydrogens is 279 g/mol. The van der Waals surface area contributed by atoms with E-state index in [0.29, 0.717) is 0 Å². The van der Waals surface area contributed by atoms with Crippen molar-refractivity contribution < 1.29 is 32.2 Å². The van der Waals surface area contributed by atoms with Crippen LogP contribution < -0.4 is 15.2 Å². The van der Waals surface area contributed by atoms with Crippen LogP contribution in [0.1, 0.15) is 18.0 Å². The summed E-state index contributed by atoms with van der Waals surface area (Å²) < 4.78 is 49.7. The Morgan fingerprint density at radius 2 is 2.00 bits per heavy atom. The van der Waals surface area contributed by atoms with Crippen LogP contribution >= 0.6 is 0 Å². The summed E-state index contributed by atoms with van der Waals surface area (Å²) in [6, 6.07) is 2.60. The highest BCUT2D eigenvalue weighted by molar-refractivity contribution is 5.70. The van der Waals surface area contributed by atoms with Crippen LogP contribution in [-0.2, 0) is 9.53 Å². The zero-order valence-corrected chi connectivity index (χ0v) is 10.9. The van der Waals surface area contributed by atoms with Gasteiger partial charge in [-0.25, -0.2) is 0 Å². The van der Waals surface area contributed by atoms with Crippen molar-refractivity contribution in [2.24, 2.45) is 5.73 Å². The van der Waals surface area contributed by atoms with E-state index in [2.05, 4.69) is 9.47 Å². The Balaban J connectivity index is 3.02. The molecule has 0 aliphatic heterocycles. The van der Waals surface area contributed by atoms with Gasteiger partial charge in [0, 0.05) is 11.6 Å². The molecule has 20 heavy (non-hydrogen) atoms. The quantitative estimate of drug-likeness (QED) is 0.842. The van der Waals surface area contributed by atoms with E-state index in [4.69, 9.17) is 10.5 Å². The summed E-state index contributed by atoms with van der Waals surface area (Å²) in [6.07, 6.45) is -5.00. The molecule has 112 valence electrons. The first-order chi connectivity index (χ1) is 9.26. The Morgan fingerprint density at radius 3 is 2.50 bits per heavy atom. The Morgan fingerprint density at radius 1 is 1.35 bits per heavy atom. The minimum atomic E-state index is -4.81. The number of alkyl halides is 3. The van der Waals surface area contributed by atoms with Crippen LogP contribution in [0.15, 0.2) is 18.2 Å². The van der Waals surface area contributed by atoms with Gasteiger partial charge in [-0.05, 0) is 18.2 Å². The van der Waals surface area contributed by atoms with E-state index >= 15 is 0 Å². The average molecular weight is 293 g/mol. The molecule has 0 aliphatic carbocycles. The number of methoxy groups -OCH3 is 2. The first-order valence-corrected chi connectivity index (χ1v) is 5.53. The highest BCUT2D eigenvalue weighted by atomic mass is 19.4. The lowest BCUT2D eigenvalue weighted by molar-refractivity contribution is -0.274. The van der Waals surface area contributed by atoms with Crippen molar-refractivity contribution in [1.29, 1.82) is 0 Å². The Hall–Kier alpha value is -1.96. The fraction of sp³-hybridized carbons (Fsp3) is 0.417. The van der Waals surface area contributed by atoms with Gasteiger partial charge in [-0.1, -0.05) is 0 Å². The first-order valence-electron chi connectivity index (χ1n) is 5.53. The normalized spacial score (nSPS) is 12.7. The lowest BCUT2D eigenvalue weighted by atomic mass is 10.0. The molecule has 2 N–H and O–H groups in total. The Labute approximate surface area is 113 Å². The van der Waals surface area contributed by atoms with Crippen LogP contribution in [0.2, 0.25) is 0 Å². The van der Waals surface area contributed by atoms with Crippen LogP contribution in [0.25, 0.3) is 0 Å². The van der Waals surface area contributed by atoms with E-state index in [9.17, 15) is 18.0 Å². The van der Waals surface area contributed by atoms with Gasteiger partial charge >= 0.3 is 12.3 Å². The van der Waals surface area contributed by atoms with Crippen LogP contribution in [0, 0.1) is 0 Å². The number of benzene rings is 1. The molecule has 1 rings (SSSR count). The van der Waals surface area contributed by atoms with Gasteiger partial charge in [-0.2, -0.15) is 0 Å². The predicted octanol–water partition coefficient (Wildman–Crippen LogP) is 2.16. The highest BCUT2D eigenvalue weighted by Crippen LogP contribution is 2.32. The van der Waals surface area contributed by atoms with E-state index in [1.807, 2.05) is 0 Å². The third kappa shape index (κ3) is 4.61. The monoisotopic (exact) mass is 293 g/mol. The number of carbonyl (C=O) groups is 1. The molecule has 0 aromatic heterocycles. The van der Waals surface area contributed by atoms with Crippen molar-refractivity contribution in [3.05, 3.63) is 23.8 Å². The molecule has 0 saturated heterocycles. The molecule has 0 fully saturated rings. The predicted molar refractivity (Wildman–Crippen MR) is 63.2 cm³/mol. The minimum Gasteiger partial charge on any atom is -0.496 e. The molecule has 0 aliphatic rings. The number of hydrogen-bond acceptors (Lipinski definition) is 5. The molecule has 1 aromatic rings. The smallest absolute Gasteiger partial charge is 0.496 e. The number of rotatable bonds is 5. The van der Waals surface area contributed by atoms with Crippen molar-refractivity contribution in [3.63, 3.8) is 0 Å². The summed E-state index contributed by atoms with van der Waals surface area (Å²) in [4.78, 5) is 11.2. The standard InChI is InChI=1S/C12H14F3NO4/c1-18-10-4-3-7(20-12(13,14)15)5-8(10)9(16)6-11(17)19-2/h3-5,9H,6,16H2,1-2H3/t9-/m0/s1. The summed E-state index contributed by atoms with van der Waals surface area (Å²) >= 11 is 0. The number of carbonyl (C=O) groups excluding carboxylic acids is 1. The number of ether oxygens (including phenoxy) is 3. The van der Waals surface area contributed by atoms with E-state index in [1.165, 1.54) is 20.3 Å². The molecule has 5 nitrogen and oxygen atoms in total. The molecule has 0 bridgehead atoms. The van der Waals surface area contributed by atoms with E-state index in [1.54, 1.807) is 0 Å². The third-order valence-corrected chi connectivity index (χ3v) is 2.45. The molecule has 0 amide bonds. The second-order valence-corrected chi connectivity index (χ2v) is 3.84. The first kappa shape index (κ1) is 16.1. The summed E-state index contributed by atoms with van der Waals surface area (Å²) in [5.74, 6) is -0.758. The van der Waals surface area contributed by atoms with Gasteiger partial charge < -0.3 is 19.9 Å². The van der Waals surface area contributed by atoms with E-state index in [0.717, 1.165) is 12.1 Å². The second kappa shape index (κ2) is 6.47. The molecular formula is C12H14F3NO4. The molecule has 1 atom stereocenters. The molecule has 8 heteroatoms. The lowest BCUT2D eigenvalue weighted by Crippen LogP contribution is -2.19. The average Bonchev–Trinajstić information content (AvgIpc) is 2.36. The molecule has 0 radical (unpaired) electrons. The zero-order chi connectivity index (χ0) is 15.3. The van der Waals surface area contributed by atoms with Gasteiger partial charge in [0.05, 0.1) is 20.6 Å². The summed E-state index contributed by atoms with van der Waals surface area (Å²) in [5, 5.41) is 0. The van der Waals surface area contributed by atoms with Gasteiger partial charge in [0.2, 0.25) is 0 Å². The molecule has 0 spiro atoms. The topological polar surface area (TPSA) is 70.8 Å². The summed E-state index contributed by atoms with van der Waals surface area (Å²) in [6.45, 7) is 0. The van der Waals surface area contributed by atoms with Crippen molar-refractivity contribution in [2.75, 3.05) is 14.2 Å². The van der Waals surface area contributed by atoms with E-state index < -0.39 is 24.1 Å². The largest absolute Gasteiger partial charge is 0.573 e. The van der Waals surface area contributed by atoms with Crippen molar-refractivity contribution in [2.45, 2.75) is 18.8 Å². The lowest BCUT2D eigenvalue weighted by Gasteiger charge is -2.17. The number of nitrogens with two attached hydrogens (primary N) is 1. The van der Waals surface area contributed by atoms with Gasteiger partial charge in [-0.15, -0.1) is 13.2 Å². The van der Waals surface area contributed by atoms with Gasteiger partial charge in [0.1, 0.15) is 11.5 Å². The fourth-order valence-corrected chi connectivity index (χ4v) is 1.57. The maximum Gasteiger partial charge on any atom is 0.573 e. The second-order valence-electron chi connectivity index (χ2n) is 3.84. The maximum absolute atomic E-state index is 12.2. The van der Waals surface area contributed by atoms with Crippen LogP contribution in [-0.4, -0.2) is 26.6 Å². The van der Waals surface area contributed by atoms with Gasteiger partial charge in [0.15, 0.2) is 0 Å². The molecule has 0 heterocycles. The molecule has 0 saturated carbocycles. The molecule has 0 unspecified atom stereocenters. The van der Waals surface area contributed by atoms with Gasteiger partial charge in [-0.3, -0.25) is 4.79 Å². The number of esters is 1. The summed E-state index contributed by atoms with van der Waals surface area (Å²) in [7, 11) is 2.53. The Kier molecular flexibility index (Phi) is 5.20. The number of halogens is 3. The SMILES string of the molecule is COC(=O)C[C@H](N)c1cc(OC(F)(F)F)ccc1OC. The Bertz CT molecular complexity index is 476. The third-order valence-electron chi connectivity index (χ3n) is 2.45. The van der Waals surface area contributed by atoms with Crippen molar-refractivity contribution >= 4 is 5.97 Å².